The summed E-state index contributed by atoms with van der Waals surface area (Å²) in [5.41, 5.74) is 2.03. The number of aryl methyl sites for hydroxylation is 1. The van der Waals surface area contributed by atoms with Gasteiger partial charge in [-0.05, 0) is 25.0 Å². The van der Waals surface area contributed by atoms with Crippen LogP contribution in [0.2, 0.25) is 5.02 Å². The summed E-state index contributed by atoms with van der Waals surface area (Å²) in [7, 11) is 0. The second-order valence-electron chi connectivity index (χ2n) is 4.81. The molecule has 1 aromatic heterocycles. The lowest BCUT2D eigenvalue weighted by Crippen LogP contribution is -1.96. The van der Waals surface area contributed by atoms with E-state index in [0.29, 0.717) is 0 Å². The van der Waals surface area contributed by atoms with E-state index in [9.17, 15) is 5.11 Å². The molecule has 0 aliphatic heterocycles. The summed E-state index contributed by atoms with van der Waals surface area (Å²) < 4.78 is 2.16. The Balaban J connectivity index is 2.11. The fraction of sp³-hybridized carbons (Fsp3) is 0.467. The van der Waals surface area contributed by atoms with E-state index in [4.69, 9.17) is 16.7 Å². The van der Waals surface area contributed by atoms with Crippen LogP contribution in [0.25, 0.3) is 10.9 Å². The third-order valence-electron chi connectivity index (χ3n) is 3.40. The SMILES string of the molecule is OCCCCCCn1cc(CO)c2ccc(Cl)cc21. The van der Waals surface area contributed by atoms with Gasteiger partial charge in [0.25, 0.3) is 0 Å². The van der Waals surface area contributed by atoms with Gasteiger partial charge < -0.3 is 14.8 Å². The van der Waals surface area contributed by atoms with Crippen LogP contribution in [0.3, 0.4) is 0 Å². The Morgan fingerprint density at radius 1 is 1.05 bits per heavy atom. The van der Waals surface area contributed by atoms with Crippen molar-refractivity contribution in [2.75, 3.05) is 6.61 Å². The summed E-state index contributed by atoms with van der Waals surface area (Å²) in [6.07, 6.45) is 6.12. The van der Waals surface area contributed by atoms with Gasteiger partial charge in [0.05, 0.1) is 6.61 Å². The minimum atomic E-state index is 0.0512. The van der Waals surface area contributed by atoms with E-state index >= 15 is 0 Å². The molecule has 0 bridgehead atoms. The van der Waals surface area contributed by atoms with Crippen LogP contribution < -0.4 is 0 Å². The Morgan fingerprint density at radius 3 is 2.58 bits per heavy atom. The molecule has 0 aliphatic rings. The van der Waals surface area contributed by atoms with Gasteiger partial charge in [0, 0.05) is 40.8 Å². The quantitative estimate of drug-likeness (QED) is 0.765. The molecule has 2 rings (SSSR count). The van der Waals surface area contributed by atoms with Crippen molar-refractivity contribution in [3.63, 3.8) is 0 Å². The number of fused-ring (bicyclic) bond motifs is 1. The molecule has 0 aliphatic carbocycles. The second kappa shape index (κ2) is 6.94. The van der Waals surface area contributed by atoms with Gasteiger partial charge in [-0.3, -0.25) is 0 Å². The van der Waals surface area contributed by atoms with Gasteiger partial charge in [-0.2, -0.15) is 0 Å². The van der Waals surface area contributed by atoms with E-state index in [2.05, 4.69) is 4.57 Å². The first-order valence-electron chi connectivity index (χ1n) is 6.75. The molecule has 0 saturated carbocycles. The lowest BCUT2D eigenvalue weighted by atomic mass is 10.2. The lowest BCUT2D eigenvalue weighted by molar-refractivity contribution is 0.281. The summed E-state index contributed by atoms with van der Waals surface area (Å²) in [4.78, 5) is 0. The van der Waals surface area contributed by atoms with Crippen LogP contribution in [0.5, 0.6) is 0 Å². The normalized spacial score (nSPS) is 11.3. The Hall–Kier alpha value is -1.03. The molecule has 0 spiro atoms. The number of benzene rings is 1. The largest absolute Gasteiger partial charge is 0.396 e. The molecule has 3 nitrogen and oxygen atoms in total. The van der Waals surface area contributed by atoms with Crippen LogP contribution in [0.1, 0.15) is 31.2 Å². The van der Waals surface area contributed by atoms with E-state index in [1.54, 1.807) is 0 Å². The number of halogens is 1. The van der Waals surface area contributed by atoms with Crippen LogP contribution in [0.4, 0.5) is 0 Å². The van der Waals surface area contributed by atoms with Crippen molar-refractivity contribution in [1.29, 1.82) is 0 Å². The van der Waals surface area contributed by atoms with Crippen LogP contribution >= 0.6 is 11.6 Å². The summed E-state index contributed by atoms with van der Waals surface area (Å²) in [6, 6.07) is 5.77. The smallest absolute Gasteiger partial charge is 0.0702 e. The third kappa shape index (κ3) is 3.50. The molecule has 0 atom stereocenters. The maximum absolute atomic E-state index is 9.39. The Bertz CT molecular complexity index is 536. The van der Waals surface area contributed by atoms with Gasteiger partial charge in [-0.25, -0.2) is 0 Å². The van der Waals surface area contributed by atoms with Gasteiger partial charge in [0.2, 0.25) is 0 Å². The fourth-order valence-corrected chi connectivity index (χ4v) is 2.57. The maximum Gasteiger partial charge on any atom is 0.0702 e. The minimum absolute atomic E-state index is 0.0512. The van der Waals surface area contributed by atoms with Crippen molar-refractivity contribution in [1.82, 2.24) is 4.57 Å². The topological polar surface area (TPSA) is 45.4 Å². The van der Waals surface area contributed by atoms with Gasteiger partial charge in [-0.1, -0.05) is 30.5 Å². The number of unbranched alkanes of at least 4 members (excludes halogenated alkanes) is 3. The molecule has 0 radical (unpaired) electrons. The minimum Gasteiger partial charge on any atom is -0.396 e. The first-order valence-corrected chi connectivity index (χ1v) is 7.13. The third-order valence-corrected chi connectivity index (χ3v) is 3.64. The molecule has 0 fully saturated rings. The van der Waals surface area contributed by atoms with Gasteiger partial charge >= 0.3 is 0 Å². The summed E-state index contributed by atoms with van der Waals surface area (Å²) in [6.45, 7) is 1.24. The molecular formula is C15H20ClNO2. The fourth-order valence-electron chi connectivity index (χ4n) is 2.40. The van der Waals surface area contributed by atoms with E-state index in [-0.39, 0.29) is 13.2 Å². The highest BCUT2D eigenvalue weighted by Gasteiger charge is 2.08. The molecule has 1 aromatic carbocycles. The number of hydrogen-bond acceptors (Lipinski definition) is 2. The van der Waals surface area contributed by atoms with E-state index in [0.717, 1.165) is 53.7 Å². The zero-order valence-corrected chi connectivity index (χ0v) is 11.7. The van der Waals surface area contributed by atoms with Crippen molar-refractivity contribution >= 4 is 22.5 Å². The maximum atomic E-state index is 9.39. The Morgan fingerprint density at radius 2 is 1.84 bits per heavy atom. The molecule has 0 saturated heterocycles. The summed E-state index contributed by atoms with van der Waals surface area (Å²) in [5.74, 6) is 0. The molecule has 2 N–H and O–H groups in total. The molecule has 2 aromatic rings. The number of rotatable bonds is 7. The number of hydrogen-bond donors (Lipinski definition) is 2. The number of aromatic nitrogens is 1. The first kappa shape index (κ1) is 14.4. The lowest BCUT2D eigenvalue weighted by Gasteiger charge is -2.05. The highest BCUT2D eigenvalue weighted by atomic mass is 35.5. The van der Waals surface area contributed by atoms with E-state index in [1.807, 2.05) is 24.4 Å². The van der Waals surface area contributed by atoms with Crippen molar-refractivity contribution in [3.05, 3.63) is 35.0 Å². The molecule has 4 heteroatoms. The number of aliphatic hydroxyl groups is 2. The van der Waals surface area contributed by atoms with Crippen molar-refractivity contribution in [3.8, 4) is 0 Å². The highest BCUT2D eigenvalue weighted by molar-refractivity contribution is 6.31. The number of aliphatic hydroxyl groups excluding tert-OH is 2. The van der Waals surface area contributed by atoms with Gasteiger partial charge in [-0.15, -0.1) is 0 Å². The second-order valence-corrected chi connectivity index (χ2v) is 5.24. The predicted octanol–water partition coefficient (Wildman–Crippen LogP) is 3.34. The van der Waals surface area contributed by atoms with Crippen LogP contribution in [-0.2, 0) is 13.2 Å². The van der Waals surface area contributed by atoms with Gasteiger partial charge in [0.1, 0.15) is 0 Å². The molecule has 1 heterocycles. The number of nitrogens with zero attached hydrogens (tertiary/aromatic N) is 1. The first-order chi connectivity index (χ1) is 9.26. The Kier molecular flexibility index (Phi) is 5.25. The zero-order valence-electron chi connectivity index (χ0n) is 11.0. The Labute approximate surface area is 118 Å². The van der Waals surface area contributed by atoms with Crippen molar-refractivity contribution < 1.29 is 10.2 Å². The average Bonchev–Trinajstić information content (AvgIpc) is 2.76. The van der Waals surface area contributed by atoms with Gasteiger partial charge in [0.15, 0.2) is 0 Å². The molecule has 0 amide bonds. The van der Waals surface area contributed by atoms with Crippen LogP contribution in [-0.4, -0.2) is 21.4 Å². The average molecular weight is 282 g/mol. The monoisotopic (exact) mass is 281 g/mol. The standard InChI is InChI=1S/C15H20ClNO2/c16-13-5-6-14-12(11-19)10-17(15(14)9-13)7-3-1-2-4-8-18/h5-6,9-10,18-19H,1-4,7-8,11H2. The summed E-state index contributed by atoms with van der Waals surface area (Å²) >= 11 is 6.04. The molecule has 104 valence electrons. The van der Waals surface area contributed by atoms with E-state index < -0.39 is 0 Å². The highest BCUT2D eigenvalue weighted by Crippen LogP contribution is 2.25. The van der Waals surface area contributed by atoms with Crippen molar-refractivity contribution in [2.45, 2.75) is 38.8 Å². The summed E-state index contributed by atoms with van der Waals surface area (Å²) in [5, 5.41) is 19.9. The predicted molar refractivity (Wildman–Crippen MR) is 78.4 cm³/mol. The van der Waals surface area contributed by atoms with E-state index in [1.165, 1.54) is 0 Å². The molecular weight excluding hydrogens is 262 g/mol. The van der Waals surface area contributed by atoms with Crippen LogP contribution in [0.15, 0.2) is 24.4 Å². The van der Waals surface area contributed by atoms with Crippen molar-refractivity contribution in [2.24, 2.45) is 0 Å². The molecule has 0 unspecified atom stereocenters. The zero-order chi connectivity index (χ0) is 13.7. The molecule has 19 heavy (non-hydrogen) atoms. The van der Waals surface area contributed by atoms with Crippen LogP contribution in [0, 0.1) is 0 Å².